The Labute approximate surface area is 148 Å². The van der Waals surface area contributed by atoms with Crippen molar-refractivity contribution in [1.29, 1.82) is 0 Å². The number of ether oxygens (including phenoxy) is 2. The van der Waals surface area contributed by atoms with Crippen molar-refractivity contribution in [3.05, 3.63) is 33.2 Å². The molecule has 0 saturated heterocycles. The predicted octanol–water partition coefficient (Wildman–Crippen LogP) is 4.86. The lowest BCUT2D eigenvalue weighted by atomic mass is 9.95. The topological polar surface area (TPSA) is 51.3 Å². The van der Waals surface area contributed by atoms with E-state index in [1.165, 1.54) is 13.0 Å². The van der Waals surface area contributed by atoms with Gasteiger partial charge in [0.1, 0.15) is 5.82 Å². The molecule has 0 fully saturated rings. The zero-order valence-electron chi connectivity index (χ0n) is 14.1. The SMILES string of the molecule is CCCCC1(OC(C)=O)OCCc2c1[nH]c1c(C)cc(F)c(Br)c21. The van der Waals surface area contributed by atoms with Gasteiger partial charge >= 0.3 is 5.97 Å². The number of H-pyrrole nitrogens is 1. The van der Waals surface area contributed by atoms with Crippen LogP contribution in [0.2, 0.25) is 0 Å². The lowest BCUT2D eigenvalue weighted by molar-refractivity contribution is -0.248. The van der Waals surface area contributed by atoms with Crippen molar-refractivity contribution in [2.24, 2.45) is 0 Å². The van der Waals surface area contributed by atoms with E-state index < -0.39 is 5.79 Å². The van der Waals surface area contributed by atoms with Crippen molar-refractivity contribution in [3.8, 4) is 0 Å². The number of fused-ring (bicyclic) bond motifs is 3. The Bertz CT molecular complexity index is 801. The van der Waals surface area contributed by atoms with Gasteiger partial charge in [0.15, 0.2) is 0 Å². The molecule has 0 spiro atoms. The first-order valence-electron chi connectivity index (χ1n) is 8.22. The summed E-state index contributed by atoms with van der Waals surface area (Å²) in [5.74, 6) is -1.80. The van der Waals surface area contributed by atoms with Gasteiger partial charge in [0.2, 0.25) is 0 Å². The van der Waals surface area contributed by atoms with Crippen LogP contribution in [0.15, 0.2) is 10.5 Å². The summed E-state index contributed by atoms with van der Waals surface area (Å²) in [4.78, 5) is 15.1. The zero-order valence-corrected chi connectivity index (χ0v) is 15.7. The molecule has 3 rings (SSSR count). The number of rotatable bonds is 4. The molecule has 4 nitrogen and oxygen atoms in total. The number of aryl methyl sites for hydroxylation is 1. The average Bonchev–Trinajstić information content (AvgIpc) is 2.92. The summed E-state index contributed by atoms with van der Waals surface area (Å²) in [6.45, 7) is 5.75. The minimum atomic E-state index is -1.11. The van der Waals surface area contributed by atoms with Crippen molar-refractivity contribution in [3.63, 3.8) is 0 Å². The van der Waals surface area contributed by atoms with Crippen molar-refractivity contribution in [2.75, 3.05) is 6.61 Å². The van der Waals surface area contributed by atoms with E-state index in [-0.39, 0.29) is 11.8 Å². The summed E-state index contributed by atoms with van der Waals surface area (Å²) in [6, 6.07) is 1.49. The van der Waals surface area contributed by atoms with E-state index in [1.54, 1.807) is 0 Å². The molecule has 130 valence electrons. The van der Waals surface area contributed by atoms with Gasteiger partial charge in [-0.15, -0.1) is 0 Å². The fourth-order valence-corrected chi connectivity index (χ4v) is 4.01. The first kappa shape index (κ1) is 17.4. The van der Waals surface area contributed by atoms with Crippen LogP contribution in [0.3, 0.4) is 0 Å². The smallest absolute Gasteiger partial charge is 0.305 e. The summed E-state index contributed by atoms with van der Waals surface area (Å²) in [6.07, 6.45) is 3.03. The molecule has 1 N–H and O–H groups in total. The number of nitrogens with one attached hydrogen (secondary N) is 1. The van der Waals surface area contributed by atoms with Crippen LogP contribution in [-0.4, -0.2) is 17.6 Å². The number of esters is 1. The molecule has 0 amide bonds. The number of benzene rings is 1. The van der Waals surface area contributed by atoms with E-state index in [9.17, 15) is 9.18 Å². The van der Waals surface area contributed by atoms with Gasteiger partial charge in [0.05, 0.1) is 22.3 Å². The van der Waals surface area contributed by atoms with Crippen molar-refractivity contribution in [2.45, 2.75) is 52.2 Å². The minimum absolute atomic E-state index is 0.292. The van der Waals surface area contributed by atoms with Gasteiger partial charge in [0, 0.05) is 18.7 Å². The van der Waals surface area contributed by atoms with Gasteiger partial charge in [-0.3, -0.25) is 4.79 Å². The first-order chi connectivity index (χ1) is 11.4. The molecule has 0 saturated carbocycles. The van der Waals surface area contributed by atoms with Gasteiger partial charge in [0.25, 0.3) is 5.79 Å². The zero-order chi connectivity index (χ0) is 17.5. The van der Waals surface area contributed by atoms with Crippen LogP contribution in [0.1, 0.15) is 49.9 Å². The van der Waals surface area contributed by atoms with Crippen molar-refractivity contribution >= 4 is 32.8 Å². The fraction of sp³-hybridized carbons (Fsp3) is 0.500. The second kappa shape index (κ2) is 6.48. The van der Waals surface area contributed by atoms with Crippen LogP contribution in [0.5, 0.6) is 0 Å². The van der Waals surface area contributed by atoms with Gasteiger partial charge in [-0.2, -0.15) is 0 Å². The Kier molecular flexibility index (Phi) is 4.71. The quantitative estimate of drug-likeness (QED) is 0.749. The van der Waals surface area contributed by atoms with Crippen molar-refractivity contribution in [1.82, 2.24) is 4.98 Å². The largest absolute Gasteiger partial charge is 0.427 e. The van der Waals surface area contributed by atoms with Gasteiger partial charge < -0.3 is 14.5 Å². The van der Waals surface area contributed by atoms with E-state index in [0.29, 0.717) is 23.9 Å². The lowest BCUT2D eigenvalue weighted by Gasteiger charge is -2.36. The van der Waals surface area contributed by atoms with E-state index in [4.69, 9.17) is 9.47 Å². The van der Waals surface area contributed by atoms with E-state index >= 15 is 0 Å². The number of hydrogen-bond acceptors (Lipinski definition) is 3. The molecule has 2 heterocycles. The molecule has 1 aromatic carbocycles. The standard InChI is InChI=1S/C18H21BrFNO3/c1-4-5-7-18(24-11(3)22)17-12(6-8-23-18)14-15(19)13(20)9-10(2)16(14)21-17/h9,21H,4-8H2,1-3H3. The maximum Gasteiger partial charge on any atom is 0.305 e. The Morgan fingerprint density at radius 1 is 1.54 bits per heavy atom. The number of hydrogen-bond donors (Lipinski definition) is 1. The monoisotopic (exact) mass is 397 g/mol. The molecule has 2 aromatic rings. The summed E-state index contributed by atoms with van der Waals surface area (Å²) >= 11 is 3.37. The number of carbonyl (C=O) groups is 1. The van der Waals surface area contributed by atoms with Crippen LogP contribution < -0.4 is 0 Å². The number of aromatic amines is 1. The highest BCUT2D eigenvalue weighted by Crippen LogP contribution is 2.44. The fourth-order valence-electron chi connectivity index (χ4n) is 3.46. The Hall–Kier alpha value is -1.40. The Morgan fingerprint density at radius 2 is 2.29 bits per heavy atom. The van der Waals surface area contributed by atoms with E-state index in [2.05, 4.69) is 27.8 Å². The summed E-state index contributed by atoms with van der Waals surface area (Å²) in [7, 11) is 0. The third-order valence-corrected chi connectivity index (χ3v) is 5.28. The van der Waals surface area contributed by atoms with Crippen LogP contribution in [0.4, 0.5) is 4.39 Å². The highest BCUT2D eigenvalue weighted by Gasteiger charge is 2.43. The van der Waals surface area contributed by atoms with Crippen molar-refractivity contribution < 1.29 is 18.7 Å². The van der Waals surface area contributed by atoms with E-state index in [1.807, 2.05) is 6.92 Å². The second-order valence-electron chi connectivity index (χ2n) is 6.27. The summed E-state index contributed by atoms with van der Waals surface area (Å²) in [5.41, 5.74) is 3.36. The average molecular weight is 398 g/mol. The number of carbonyl (C=O) groups excluding carboxylic acids is 1. The molecule has 24 heavy (non-hydrogen) atoms. The molecule has 1 unspecified atom stereocenters. The number of aromatic nitrogens is 1. The van der Waals surface area contributed by atoms with Crippen LogP contribution in [-0.2, 0) is 26.5 Å². The third kappa shape index (κ3) is 2.75. The Morgan fingerprint density at radius 3 is 2.96 bits per heavy atom. The number of halogens is 2. The third-order valence-electron chi connectivity index (χ3n) is 4.51. The normalized spacial score (nSPS) is 20.2. The van der Waals surface area contributed by atoms with Gasteiger partial charge in [-0.1, -0.05) is 13.3 Å². The van der Waals surface area contributed by atoms with Crippen LogP contribution in [0, 0.1) is 12.7 Å². The van der Waals surface area contributed by atoms with Gasteiger partial charge in [-0.05, 0) is 52.9 Å². The first-order valence-corrected chi connectivity index (χ1v) is 9.02. The molecule has 1 aliphatic rings. The molecule has 6 heteroatoms. The molecule has 0 radical (unpaired) electrons. The predicted molar refractivity (Wildman–Crippen MR) is 93.3 cm³/mol. The molecule has 1 aliphatic heterocycles. The molecule has 0 bridgehead atoms. The van der Waals surface area contributed by atoms with E-state index in [0.717, 1.165) is 40.6 Å². The summed E-state index contributed by atoms with van der Waals surface area (Å²) < 4.78 is 26.2. The second-order valence-corrected chi connectivity index (χ2v) is 7.06. The maximum atomic E-state index is 14.2. The molecular weight excluding hydrogens is 377 g/mol. The lowest BCUT2D eigenvalue weighted by Crippen LogP contribution is -2.39. The minimum Gasteiger partial charge on any atom is -0.427 e. The molecule has 0 aliphatic carbocycles. The number of unbranched alkanes of at least 4 members (excludes halogenated alkanes) is 1. The van der Waals surface area contributed by atoms with Crippen LogP contribution in [0.25, 0.3) is 10.9 Å². The van der Waals surface area contributed by atoms with Gasteiger partial charge in [-0.25, -0.2) is 4.39 Å². The molecule has 1 atom stereocenters. The highest BCUT2D eigenvalue weighted by molar-refractivity contribution is 9.10. The Balaban J connectivity index is 2.25. The van der Waals surface area contributed by atoms with Crippen LogP contribution >= 0.6 is 15.9 Å². The summed E-state index contributed by atoms with van der Waals surface area (Å²) in [5, 5.41) is 0.818. The maximum absolute atomic E-state index is 14.2. The highest BCUT2D eigenvalue weighted by atomic mass is 79.9. The molecule has 1 aromatic heterocycles. The molecular formula is C18H21BrFNO3.